The maximum atomic E-state index is 2.41. The number of rotatable bonds is 9. The summed E-state index contributed by atoms with van der Waals surface area (Å²) < 4.78 is 0. The molecule has 67 heavy (non-hydrogen) atoms. The van der Waals surface area contributed by atoms with Crippen LogP contribution in [0.3, 0.4) is 0 Å². The predicted molar refractivity (Wildman–Crippen MR) is 286 cm³/mol. The van der Waals surface area contributed by atoms with Crippen molar-refractivity contribution in [2.75, 3.05) is 4.90 Å². The topological polar surface area (TPSA) is 3.24 Å². The molecule has 0 aliphatic rings. The van der Waals surface area contributed by atoms with E-state index in [-0.39, 0.29) is 0 Å². The Morgan fingerprint density at radius 3 is 1.22 bits per heavy atom. The second kappa shape index (κ2) is 17.3. The minimum atomic E-state index is 1.08. The van der Waals surface area contributed by atoms with Crippen LogP contribution in [0.4, 0.5) is 17.1 Å². The van der Waals surface area contributed by atoms with Gasteiger partial charge in [-0.15, -0.1) is 0 Å². The first-order valence-corrected chi connectivity index (χ1v) is 23.1. The zero-order chi connectivity index (χ0) is 44.5. The molecule has 0 spiro atoms. The molecule has 12 aromatic rings. The van der Waals surface area contributed by atoms with Gasteiger partial charge in [-0.25, -0.2) is 0 Å². The monoisotopic (exact) mass is 851 g/mol. The normalized spacial score (nSPS) is 11.3. The van der Waals surface area contributed by atoms with Gasteiger partial charge in [0.2, 0.25) is 0 Å². The molecule has 0 unspecified atom stereocenters. The maximum absolute atomic E-state index is 2.41. The van der Waals surface area contributed by atoms with E-state index in [0.717, 1.165) is 22.6 Å². The first-order chi connectivity index (χ1) is 33.2. The van der Waals surface area contributed by atoms with Gasteiger partial charge in [0.15, 0.2) is 0 Å². The number of hydrogen-bond donors (Lipinski definition) is 0. The molecule has 0 fully saturated rings. The lowest BCUT2D eigenvalue weighted by atomic mass is 9.87. The van der Waals surface area contributed by atoms with E-state index in [2.05, 4.69) is 278 Å². The van der Waals surface area contributed by atoms with Gasteiger partial charge in [0, 0.05) is 17.1 Å². The molecule has 0 aliphatic heterocycles. The molecule has 0 aliphatic carbocycles. The largest absolute Gasteiger partial charge is 0.310 e. The Hall–Kier alpha value is -8.78. The molecule has 0 amide bonds. The Kier molecular flexibility index (Phi) is 10.3. The quantitative estimate of drug-likeness (QED) is 0.131. The molecule has 1 nitrogen and oxygen atoms in total. The van der Waals surface area contributed by atoms with E-state index in [1.165, 1.54) is 93.5 Å². The molecule has 0 radical (unpaired) electrons. The molecule has 12 rings (SSSR count). The van der Waals surface area contributed by atoms with E-state index in [4.69, 9.17) is 0 Å². The lowest BCUT2D eigenvalue weighted by Crippen LogP contribution is -2.10. The summed E-state index contributed by atoms with van der Waals surface area (Å²) in [5.41, 5.74) is 17.5. The zero-order valence-corrected chi connectivity index (χ0v) is 36.9. The van der Waals surface area contributed by atoms with Crippen molar-refractivity contribution in [1.29, 1.82) is 0 Å². The van der Waals surface area contributed by atoms with Crippen molar-refractivity contribution in [3.8, 4) is 66.8 Å². The molecule has 314 valence electrons. The van der Waals surface area contributed by atoms with E-state index in [9.17, 15) is 0 Å². The Balaban J connectivity index is 1.01. The van der Waals surface area contributed by atoms with Gasteiger partial charge in [-0.3, -0.25) is 0 Å². The van der Waals surface area contributed by atoms with E-state index in [1.54, 1.807) is 0 Å². The standard InChI is InChI=1S/C66H45N/c1-4-15-46(16-5-1)48-27-29-50(30-28-48)51-35-38-57(39-36-51)67(58-24-14-23-55(43-58)52-33-31-49(32-34-52)47-17-6-2-7-18-47)59-40-42-62(64(45-59)53-19-8-3-9-20-53)65-44-56-22-11-13-26-61(56)66-60-25-12-10-21-54(60)37-41-63(65)66/h1-45H. The highest BCUT2D eigenvalue weighted by atomic mass is 15.1. The smallest absolute Gasteiger partial charge is 0.0468 e. The number of nitrogens with zero attached hydrogens (tertiary/aromatic N) is 1. The van der Waals surface area contributed by atoms with Crippen LogP contribution in [0, 0.1) is 0 Å². The lowest BCUT2D eigenvalue weighted by molar-refractivity contribution is 1.28. The fourth-order valence-electron chi connectivity index (χ4n) is 9.90. The highest BCUT2D eigenvalue weighted by molar-refractivity contribution is 6.24. The third-order valence-corrected chi connectivity index (χ3v) is 13.3. The summed E-state index contributed by atoms with van der Waals surface area (Å²) in [6, 6.07) is 99.5. The van der Waals surface area contributed by atoms with Crippen molar-refractivity contribution in [3.63, 3.8) is 0 Å². The number of anilines is 3. The Bertz CT molecular complexity index is 3670. The highest BCUT2D eigenvalue weighted by Crippen LogP contribution is 2.46. The summed E-state index contributed by atoms with van der Waals surface area (Å²) in [4.78, 5) is 2.41. The van der Waals surface area contributed by atoms with Crippen molar-refractivity contribution < 1.29 is 0 Å². The molecule has 0 aromatic heterocycles. The van der Waals surface area contributed by atoms with Crippen molar-refractivity contribution in [3.05, 3.63) is 273 Å². The lowest BCUT2D eigenvalue weighted by Gasteiger charge is -2.28. The predicted octanol–water partition coefficient (Wildman–Crippen LogP) is 18.6. The van der Waals surface area contributed by atoms with Gasteiger partial charge in [0.25, 0.3) is 0 Å². The summed E-state index contributed by atoms with van der Waals surface area (Å²) in [5, 5.41) is 7.56. The third-order valence-electron chi connectivity index (χ3n) is 13.3. The second-order valence-corrected chi connectivity index (χ2v) is 17.3. The fraction of sp³-hybridized carbons (Fsp3) is 0. The average Bonchev–Trinajstić information content (AvgIpc) is 3.41. The molecular weight excluding hydrogens is 807 g/mol. The molecular formula is C66H45N. The van der Waals surface area contributed by atoms with Gasteiger partial charge in [-0.05, 0) is 142 Å². The van der Waals surface area contributed by atoms with Gasteiger partial charge < -0.3 is 4.90 Å². The van der Waals surface area contributed by atoms with Crippen molar-refractivity contribution in [2.24, 2.45) is 0 Å². The van der Waals surface area contributed by atoms with Crippen molar-refractivity contribution in [2.45, 2.75) is 0 Å². The van der Waals surface area contributed by atoms with E-state index in [1.807, 2.05) is 0 Å². The fourth-order valence-corrected chi connectivity index (χ4v) is 9.90. The first kappa shape index (κ1) is 39.8. The van der Waals surface area contributed by atoms with E-state index < -0.39 is 0 Å². The third kappa shape index (κ3) is 7.63. The Labute approximate surface area is 392 Å². The molecule has 0 saturated heterocycles. The van der Waals surface area contributed by atoms with Crippen LogP contribution in [0.2, 0.25) is 0 Å². The number of hydrogen-bond acceptors (Lipinski definition) is 1. The Morgan fingerprint density at radius 2 is 0.627 bits per heavy atom. The van der Waals surface area contributed by atoms with Gasteiger partial charge in [-0.1, -0.05) is 231 Å². The summed E-state index contributed by atoms with van der Waals surface area (Å²) in [7, 11) is 0. The van der Waals surface area contributed by atoms with Crippen LogP contribution >= 0.6 is 0 Å². The summed E-state index contributed by atoms with van der Waals surface area (Å²) in [5.74, 6) is 0. The first-order valence-electron chi connectivity index (χ1n) is 23.1. The SMILES string of the molecule is c1ccc(-c2ccc(-c3ccc(N(c4cccc(-c5ccc(-c6ccccc6)cc5)c4)c4ccc(-c5cc6ccccc6c6c5ccc5ccccc56)c(-c5ccccc5)c4)cc3)cc2)cc1. The van der Waals surface area contributed by atoms with Crippen molar-refractivity contribution >= 4 is 49.4 Å². The molecule has 0 atom stereocenters. The minimum absolute atomic E-state index is 1.08. The van der Waals surface area contributed by atoms with Crippen LogP contribution in [0.1, 0.15) is 0 Å². The van der Waals surface area contributed by atoms with Crippen LogP contribution in [-0.2, 0) is 0 Å². The molecule has 1 heteroatoms. The van der Waals surface area contributed by atoms with E-state index in [0.29, 0.717) is 0 Å². The molecule has 12 aromatic carbocycles. The number of fused-ring (bicyclic) bond motifs is 5. The summed E-state index contributed by atoms with van der Waals surface area (Å²) in [6.07, 6.45) is 0. The average molecular weight is 852 g/mol. The molecule has 0 saturated carbocycles. The van der Waals surface area contributed by atoms with Gasteiger partial charge in [0.1, 0.15) is 0 Å². The molecule has 0 heterocycles. The van der Waals surface area contributed by atoms with E-state index >= 15 is 0 Å². The van der Waals surface area contributed by atoms with Gasteiger partial charge in [-0.2, -0.15) is 0 Å². The maximum Gasteiger partial charge on any atom is 0.0468 e. The Morgan fingerprint density at radius 1 is 0.194 bits per heavy atom. The molecule has 0 bridgehead atoms. The van der Waals surface area contributed by atoms with Crippen LogP contribution in [0.15, 0.2) is 273 Å². The summed E-state index contributed by atoms with van der Waals surface area (Å²) in [6.45, 7) is 0. The molecule has 0 N–H and O–H groups in total. The van der Waals surface area contributed by atoms with Crippen LogP contribution in [0.25, 0.3) is 99.1 Å². The van der Waals surface area contributed by atoms with Crippen LogP contribution in [0.5, 0.6) is 0 Å². The second-order valence-electron chi connectivity index (χ2n) is 17.3. The van der Waals surface area contributed by atoms with Crippen LogP contribution in [-0.4, -0.2) is 0 Å². The number of benzene rings is 12. The zero-order valence-electron chi connectivity index (χ0n) is 36.9. The highest BCUT2D eigenvalue weighted by Gasteiger charge is 2.20. The van der Waals surface area contributed by atoms with Gasteiger partial charge >= 0.3 is 0 Å². The van der Waals surface area contributed by atoms with Gasteiger partial charge in [0.05, 0.1) is 0 Å². The summed E-state index contributed by atoms with van der Waals surface area (Å²) >= 11 is 0. The van der Waals surface area contributed by atoms with Crippen molar-refractivity contribution in [1.82, 2.24) is 0 Å². The van der Waals surface area contributed by atoms with Crippen LogP contribution < -0.4 is 4.90 Å². The minimum Gasteiger partial charge on any atom is -0.310 e.